The molecule has 0 aromatic heterocycles. The van der Waals surface area contributed by atoms with Crippen molar-refractivity contribution in [1.82, 2.24) is 5.32 Å². The van der Waals surface area contributed by atoms with Crippen LogP contribution in [0.25, 0.3) is 0 Å². The van der Waals surface area contributed by atoms with Gasteiger partial charge in [0.05, 0.1) is 14.2 Å². The van der Waals surface area contributed by atoms with E-state index in [9.17, 15) is 0 Å². The van der Waals surface area contributed by atoms with E-state index in [2.05, 4.69) is 31.3 Å². The standard InChI is InChI=1S/C15H23NO2/c1-15(2)8-12(9-16-10-15)11-5-6-13(17-3)14(7-11)18-4/h5-7,12,16H,8-10H2,1-4H3. The molecule has 1 aliphatic rings. The Morgan fingerprint density at radius 3 is 2.50 bits per heavy atom. The number of nitrogens with one attached hydrogen (secondary N) is 1. The Bertz CT molecular complexity index is 415. The average Bonchev–Trinajstić information content (AvgIpc) is 2.36. The lowest BCUT2D eigenvalue weighted by Gasteiger charge is -2.36. The van der Waals surface area contributed by atoms with E-state index in [1.807, 2.05) is 6.07 Å². The van der Waals surface area contributed by atoms with Crippen molar-refractivity contribution in [2.24, 2.45) is 5.41 Å². The van der Waals surface area contributed by atoms with Gasteiger partial charge in [0.25, 0.3) is 0 Å². The lowest BCUT2D eigenvalue weighted by Crippen LogP contribution is -2.40. The van der Waals surface area contributed by atoms with Crippen LogP contribution in [0, 0.1) is 5.41 Å². The summed E-state index contributed by atoms with van der Waals surface area (Å²) in [7, 11) is 3.35. The van der Waals surface area contributed by atoms with E-state index in [4.69, 9.17) is 9.47 Å². The van der Waals surface area contributed by atoms with Crippen LogP contribution in [0.2, 0.25) is 0 Å². The summed E-state index contributed by atoms with van der Waals surface area (Å²) in [5.74, 6) is 2.16. The molecule has 1 heterocycles. The molecular weight excluding hydrogens is 226 g/mol. The summed E-state index contributed by atoms with van der Waals surface area (Å²) in [5, 5.41) is 3.52. The monoisotopic (exact) mass is 249 g/mol. The maximum atomic E-state index is 5.37. The van der Waals surface area contributed by atoms with Gasteiger partial charge in [-0.2, -0.15) is 0 Å². The fourth-order valence-electron chi connectivity index (χ4n) is 2.74. The number of benzene rings is 1. The normalized spacial score (nSPS) is 22.6. The maximum Gasteiger partial charge on any atom is 0.160 e. The van der Waals surface area contributed by atoms with Gasteiger partial charge < -0.3 is 14.8 Å². The molecule has 0 bridgehead atoms. The zero-order valence-electron chi connectivity index (χ0n) is 11.7. The fourth-order valence-corrected chi connectivity index (χ4v) is 2.74. The van der Waals surface area contributed by atoms with Crippen LogP contribution in [-0.2, 0) is 0 Å². The lowest BCUT2D eigenvalue weighted by molar-refractivity contribution is 0.239. The third-order valence-electron chi connectivity index (χ3n) is 3.67. The van der Waals surface area contributed by atoms with E-state index in [1.165, 1.54) is 12.0 Å². The number of hydrogen-bond acceptors (Lipinski definition) is 3. The fraction of sp³-hybridized carbons (Fsp3) is 0.600. The summed E-state index contributed by atoms with van der Waals surface area (Å²) >= 11 is 0. The van der Waals surface area contributed by atoms with Gasteiger partial charge in [-0.3, -0.25) is 0 Å². The quantitative estimate of drug-likeness (QED) is 0.893. The molecule has 3 heteroatoms. The lowest BCUT2D eigenvalue weighted by atomic mass is 9.77. The summed E-state index contributed by atoms with van der Waals surface area (Å²) in [5.41, 5.74) is 1.68. The number of rotatable bonds is 3. The third kappa shape index (κ3) is 2.78. The Morgan fingerprint density at radius 1 is 1.17 bits per heavy atom. The highest BCUT2D eigenvalue weighted by Gasteiger charge is 2.29. The first-order valence-corrected chi connectivity index (χ1v) is 6.48. The van der Waals surface area contributed by atoms with Gasteiger partial charge in [-0.1, -0.05) is 19.9 Å². The summed E-state index contributed by atoms with van der Waals surface area (Å²) < 4.78 is 10.7. The topological polar surface area (TPSA) is 30.5 Å². The zero-order valence-corrected chi connectivity index (χ0v) is 11.7. The third-order valence-corrected chi connectivity index (χ3v) is 3.67. The Labute approximate surface area is 109 Å². The van der Waals surface area contributed by atoms with Crippen LogP contribution in [0.15, 0.2) is 18.2 Å². The van der Waals surface area contributed by atoms with Crippen LogP contribution in [0.4, 0.5) is 0 Å². The average molecular weight is 249 g/mol. The molecule has 1 atom stereocenters. The predicted molar refractivity (Wildman–Crippen MR) is 73.6 cm³/mol. The van der Waals surface area contributed by atoms with Gasteiger partial charge in [0.2, 0.25) is 0 Å². The van der Waals surface area contributed by atoms with Crippen LogP contribution in [0.5, 0.6) is 11.5 Å². The van der Waals surface area contributed by atoms with E-state index in [0.717, 1.165) is 24.6 Å². The number of ether oxygens (including phenoxy) is 2. The second-order valence-electron chi connectivity index (χ2n) is 5.81. The van der Waals surface area contributed by atoms with Crippen molar-refractivity contribution in [3.63, 3.8) is 0 Å². The van der Waals surface area contributed by atoms with E-state index in [0.29, 0.717) is 11.3 Å². The molecule has 0 radical (unpaired) electrons. The van der Waals surface area contributed by atoms with Crippen LogP contribution in [-0.4, -0.2) is 27.3 Å². The number of methoxy groups -OCH3 is 2. The largest absolute Gasteiger partial charge is 0.493 e. The molecule has 1 fully saturated rings. The smallest absolute Gasteiger partial charge is 0.160 e. The molecule has 0 spiro atoms. The molecule has 1 aromatic carbocycles. The van der Waals surface area contributed by atoms with Gasteiger partial charge in [-0.05, 0) is 35.4 Å². The molecule has 0 aliphatic carbocycles. The van der Waals surface area contributed by atoms with Crippen molar-refractivity contribution in [2.75, 3.05) is 27.3 Å². The van der Waals surface area contributed by atoms with Crippen molar-refractivity contribution in [2.45, 2.75) is 26.2 Å². The Morgan fingerprint density at radius 2 is 1.89 bits per heavy atom. The molecule has 3 nitrogen and oxygen atoms in total. The Balaban J connectivity index is 2.23. The van der Waals surface area contributed by atoms with Crippen molar-refractivity contribution >= 4 is 0 Å². The van der Waals surface area contributed by atoms with E-state index < -0.39 is 0 Å². The van der Waals surface area contributed by atoms with Gasteiger partial charge in [-0.15, -0.1) is 0 Å². The van der Waals surface area contributed by atoms with Gasteiger partial charge in [-0.25, -0.2) is 0 Å². The first kappa shape index (κ1) is 13.2. The summed E-state index contributed by atoms with van der Waals surface area (Å²) in [6.45, 7) is 6.76. The molecule has 18 heavy (non-hydrogen) atoms. The number of piperidine rings is 1. The second kappa shape index (κ2) is 5.19. The SMILES string of the molecule is COc1ccc(C2CNCC(C)(C)C2)cc1OC. The first-order valence-electron chi connectivity index (χ1n) is 6.48. The van der Waals surface area contributed by atoms with Gasteiger partial charge in [0.1, 0.15) is 0 Å². The highest BCUT2D eigenvalue weighted by molar-refractivity contribution is 5.44. The molecule has 2 rings (SSSR count). The summed E-state index contributed by atoms with van der Waals surface area (Å²) in [6.07, 6.45) is 1.20. The molecule has 1 saturated heterocycles. The maximum absolute atomic E-state index is 5.37. The molecule has 0 amide bonds. The minimum absolute atomic E-state index is 0.357. The zero-order chi connectivity index (χ0) is 13.2. The van der Waals surface area contributed by atoms with Crippen LogP contribution in [0.1, 0.15) is 31.7 Å². The molecule has 1 aromatic rings. The van der Waals surface area contributed by atoms with E-state index >= 15 is 0 Å². The van der Waals surface area contributed by atoms with Gasteiger partial charge >= 0.3 is 0 Å². The van der Waals surface area contributed by atoms with E-state index in [1.54, 1.807) is 14.2 Å². The number of hydrogen-bond donors (Lipinski definition) is 1. The molecular formula is C15H23NO2. The molecule has 0 saturated carbocycles. The molecule has 100 valence electrons. The van der Waals surface area contributed by atoms with Gasteiger partial charge in [0.15, 0.2) is 11.5 Å². The van der Waals surface area contributed by atoms with Crippen LogP contribution < -0.4 is 14.8 Å². The molecule has 1 aliphatic heterocycles. The second-order valence-corrected chi connectivity index (χ2v) is 5.81. The summed E-state index contributed by atoms with van der Waals surface area (Å²) in [4.78, 5) is 0. The summed E-state index contributed by atoms with van der Waals surface area (Å²) in [6, 6.07) is 6.25. The van der Waals surface area contributed by atoms with Crippen molar-refractivity contribution in [1.29, 1.82) is 0 Å². The minimum Gasteiger partial charge on any atom is -0.493 e. The minimum atomic E-state index is 0.357. The predicted octanol–water partition coefficient (Wildman–Crippen LogP) is 2.81. The van der Waals surface area contributed by atoms with E-state index in [-0.39, 0.29) is 0 Å². The van der Waals surface area contributed by atoms with Crippen molar-refractivity contribution in [3.05, 3.63) is 23.8 Å². The van der Waals surface area contributed by atoms with Crippen molar-refractivity contribution < 1.29 is 9.47 Å². The first-order chi connectivity index (χ1) is 8.55. The Hall–Kier alpha value is -1.22. The molecule has 1 unspecified atom stereocenters. The Kier molecular flexibility index (Phi) is 3.81. The van der Waals surface area contributed by atoms with Crippen LogP contribution in [0.3, 0.4) is 0 Å². The van der Waals surface area contributed by atoms with Crippen LogP contribution >= 0.6 is 0 Å². The molecule has 1 N–H and O–H groups in total. The highest BCUT2D eigenvalue weighted by atomic mass is 16.5. The van der Waals surface area contributed by atoms with Gasteiger partial charge in [0, 0.05) is 13.1 Å². The highest BCUT2D eigenvalue weighted by Crippen LogP contribution is 2.37. The van der Waals surface area contributed by atoms with Crippen molar-refractivity contribution in [3.8, 4) is 11.5 Å².